The predicted molar refractivity (Wildman–Crippen MR) is 71.3 cm³/mol. The lowest BCUT2D eigenvalue weighted by atomic mass is 10.4. The number of hydrogen-bond acceptors (Lipinski definition) is 7. The first kappa shape index (κ1) is 13.1. The highest BCUT2D eigenvalue weighted by molar-refractivity contribution is 5.35. The van der Waals surface area contributed by atoms with E-state index in [9.17, 15) is 0 Å². The summed E-state index contributed by atoms with van der Waals surface area (Å²) in [6.07, 6.45) is 0. The zero-order valence-corrected chi connectivity index (χ0v) is 11.2. The molecule has 0 bridgehead atoms. The molecule has 19 heavy (non-hydrogen) atoms. The van der Waals surface area contributed by atoms with Crippen molar-refractivity contribution in [2.24, 2.45) is 0 Å². The van der Waals surface area contributed by atoms with Gasteiger partial charge in [0.15, 0.2) is 0 Å². The maximum Gasteiger partial charge on any atom is 0.323 e. The van der Waals surface area contributed by atoms with E-state index in [0.717, 1.165) is 11.5 Å². The Morgan fingerprint density at radius 1 is 1.21 bits per heavy atom. The predicted octanol–water partition coefficient (Wildman–Crippen LogP) is 1.83. The van der Waals surface area contributed by atoms with Crippen molar-refractivity contribution in [3.63, 3.8) is 0 Å². The summed E-state index contributed by atoms with van der Waals surface area (Å²) in [5, 5.41) is 5.93. The van der Waals surface area contributed by atoms with Gasteiger partial charge in [0.05, 0.1) is 13.2 Å². The second-order valence-corrected chi connectivity index (χ2v) is 3.81. The Labute approximate surface area is 111 Å². The third-order valence-corrected chi connectivity index (χ3v) is 2.33. The minimum atomic E-state index is 0.292. The van der Waals surface area contributed by atoms with Crippen LogP contribution < -0.4 is 15.4 Å². The Kier molecular flexibility index (Phi) is 4.17. The molecule has 0 aliphatic heterocycles. The van der Waals surface area contributed by atoms with E-state index in [2.05, 4.69) is 25.6 Å². The van der Waals surface area contributed by atoms with Crippen molar-refractivity contribution in [3.8, 4) is 6.01 Å². The van der Waals surface area contributed by atoms with Gasteiger partial charge in [-0.1, -0.05) is 0 Å². The summed E-state index contributed by atoms with van der Waals surface area (Å²) in [5.41, 5.74) is 0. The Morgan fingerprint density at radius 2 is 2.00 bits per heavy atom. The Bertz CT molecular complexity index is 541. The van der Waals surface area contributed by atoms with Crippen molar-refractivity contribution in [3.05, 3.63) is 23.7 Å². The van der Waals surface area contributed by atoms with E-state index in [1.165, 1.54) is 0 Å². The van der Waals surface area contributed by atoms with Crippen LogP contribution in [0.2, 0.25) is 0 Å². The second kappa shape index (κ2) is 6.03. The zero-order valence-electron chi connectivity index (χ0n) is 11.2. The van der Waals surface area contributed by atoms with Crippen molar-refractivity contribution in [1.82, 2.24) is 15.0 Å². The molecule has 0 atom stereocenters. The molecule has 0 aliphatic carbocycles. The van der Waals surface area contributed by atoms with Gasteiger partial charge >= 0.3 is 6.01 Å². The number of aryl methyl sites for hydroxylation is 1. The van der Waals surface area contributed by atoms with Crippen LogP contribution in [0.4, 0.5) is 11.9 Å². The van der Waals surface area contributed by atoms with Gasteiger partial charge in [0.1, 0.15) is 11.5 Å². The van der Waals surface area contributed by atoms with Crippen LogP contribution in [-0.2, 0) is 6.54 Å². The summed E-state index contributed by atoms with van der Waals surface area (Å²) in [6.45, 7) is 4.79. The van der Waals surface area contributed by atoms with Crippen LogP contribution in [0.15, 0.2) is 16.5 Å². The van der Waals surface area contributed by atoms with Gasteiger partial charge in [-0.3, -0.25) is 0 Å². The fourth-order valence-electron chi connectivity index (χ4n) is 1.49. The summed E-state index contributed by atoms with van der Waals surface area (Å²) >= 11 is 0. The molecule has 0 saturated heterocycles. The van der Waals surface area contributed by atoms with E-state index in [1.807, 2.05) is 26.0 Å². The van der Waals surface area contributed by atoms with Crippen LogP contribution in [0.25, 0.3) is 0 Å². The first-order chi connectivity index (χ1) is 9.21. The van der Waals surface area contributed by atoms with Crippen molar-refractivity contribution >= 4 is 11.9 Å². The molecule has 7 nitrogen and oxygen atoms in total. The van der Waals surface area contributed by atoms with E-state index in [4.69, 9.17) is 9.15 Å². The van der Waals surface area contributed by atoms with Crippen molar-refractivity contribution in [2.45, 2.75) is 20.4 Å². The molecule has 0 spiro atoms. The highest BCUT2D eigenvalue weighted by atomic mass is 16.5. The molecular formula is C12H17N5O2. The van der Waals surface area contributed by atoms with Gasteiger partial charge in [-0.2, -0.15) is 15.0 Å². The monoisotopic (exact) mass is 263 g/mol. The average molecular weight is 263 g/mol. The van der Waals surface area contributed by atoms with Gasteiger partial charge in [0.25, 0.3) is 0 Å². The topological polar surface area (TPSA) is 85.1 Å². The lowest BCUT2D eigenvalue weighted by Gasteiger charge is -2.07. The maximum atomic E-state index is 5.46. The molecule has 0 radical (unpaired) electrons. The van der Waals surface area contributed by atoms with Gasteiger partial charge in [-0.25, -0.2) is 0 Å². The van der Waals surface area contributed by atoms with Gasteiger partial charge in [0, 0.05) is 7.05 Å². The Hall–Kier alpha value is -2.31. The molecule has 102 valence electrons. The first-order valence-electron chi connectivity index (χ1n) is 6.07. The summed E-state index contributed by atoms with van der Waals surface area (Å²) < 4.78 is 10.7. The lowest BCUT2D eigenvalue weighted by molar-refractivity contribution is 0.312. The zero-order chi connectivity index (χ0) is 13.7. The molecule has 2 aromatic rings. The standard InChI is InChI=1S/C12H17N5O2/c1-4-18-12-16-10(13-3)15-11(17-12)14-7-9-6-5-8(2)19-9/h5-6H,4,7H2,1-3H3,(H2,13,14,15,16,17). The number of hydrogen-bond donors (Lipinski definition) is 2. The largest absolute Gasteiger partial charge is 0.465 e. The lowest BCUT2D eigenvalue weighted by Crippen LogP contribution is -2.09. The number of nitrogens with one attached hydrogen (secondary N) is 2. The normalized spacial score (nSPS) is 10.3. The van der Waals surface area contributed by atoms with Crippen LogP contribution >= 0.6 is 0 Å². The van der Waals surface area contributed by atoms with Crippen LogP contribution in [0, 0.1) is 6.92 Å². The van der Waals surface area contributed by atoms with E-state index in [0.29, 0.717) is 31.1 Å². The first-order valence-corrected chi connectivity index (χ1v) is 6.07. The maximum absolute atomic E-state index is 5.46. The molecule has 0 fully saturated rings. The molecule has 2 aromatic heterocycles. The van der Waals surface area contributed by atoms with Crippen LogP contribution in [0.1, 0.15) is 18.4 Å². The summed E-state index contributed by atoms with van der Waals surface area (Å²) in [6, 6.07) is 4.11. The average Bonchev–Trinajstić information content (AvgIpc) is 2.82. The Morgan fingerprint density at radius 3 is 2.63 bits per heavy atom. The third-order valence-electron chi connectivity index (χ3n) is 2.33. The SMILES string of the molecule is CCOc1nc(NC)nc(NCc2ccc(C)o2)n1. The van der Waals surface area contributed by atoms with E-state index >= 15 is 0 Å². The van der Waals surface area contributed by atoms with Crippen LogP contribution in [0.3, 0.4) is 0 Å². The van der Waals surface area contributed by atoms with Gasteiger partial charge < -0.3 is 19.8 Å². The number of nitrogens with zero attached hydrogens (tertiary/aromatic N) is 3. The summed E-state index contributed by atoms with van der Waals surface area (Å²) in [4.78, 5) is 12.4. The molecule has 0 unspecified atom stereocenters. The molecule has 0 amide bonds. The molecular weight excluding hydrogens is 246 g/mol. The smallest absolute Gasteiger partial charge is 0.323 e. The minimum Gasteiger partial charge on any atom is -0.465 e. The molecule has 0 aliphatic rings. The second-order valence-electron chi connectivity index (χ2n) is 3.81. The van der Waals surface area contributed by atoms with Crippen LogP contribution in [-0.4, -0.2) is 28.6 Å². The highest BCUT2D eigenvalue weighted by Gasteiger charge is 2.07. The van der Waals surface area contributed by atoms with Gasteiger partial charge in [-0.15, -0.1) is 0 Å². The van der Waals surface area contributed by atoms with Crippen molar-refractivity contribution in [2.75, 3.05) is 24.3 Å². The summed E-state index contributed by atoms with van der Waals surface area (Å²) in [5.74, 6) is 2.59. The Balaban J connectivity index is 2.08. The minimum absolute atomic E-state index is 0.292. The number of ether oxygens (including phenoxy) is 1. The molecule has 2 heterocycles. The van der Waals surface area contributed by atoms with Crippen molar-refractivity contribution < 1.29 is 9.15 Å². The molecule has 7 heteroatoms. The molecule has 0 aromatic carbocycles. The van der Waals surface area contributed by atoms with Gasteiger partial charge in [0.2, 0.25) is 11.9 Å². The number of rotatable bonds is 6. The van der Waals surface area contributed by atoms with Crippen LogP contribution in [0.5, 0.6) is 6.01 Å². The number of aromatic nitrogens is 3. The van der Waals surface area contributed by atoms with E-state index < -0.39 is 0 Å². The fourth-order valence-corrected chi connectivity index (χ4v) is 1.49. The van der Waals surface area contributed by atoms with E-state index in [1.54, 1.807) is 7.05 Å². The molecule has 2 N–H and O–H groups in total. The fraction of sp³-hybridized carbons (Fsp3) is 0.417. The number of furan rings is 1. The highest BCUT2D eigenvalue weighted by Crippen LogP contribution is 2.13. The van der Waals surface area contributed by atoms with E-state index in [-0.39, 0.29) is 0 Å². The quantitative estimate of drug-likeness (QED) is 0.822. The van der Waals surface area contributed by atoms with Gasteiger partial charge in [-0.05, 0) is 26.0 Å². The molecule has 2 rings (SSSR count). The van der Waals surface area contributed by atoms with Crippen molar-refractivity contribution in [1.29, 1.82) is 0 Å². The third kappa shape index (κ3) is 3.57. The summed E-state index contributed by atoms with van der Waals surface area (Å²) in [7, 11) is 1.74. The number of anilines is 2. The molecule has 0 saturated carbocycles.